The first-order valence-electron chi connectivity index (χ1n) is 3.73. The Kier molecular flexibility index (Phi) is 3.21. The van der Waals surface area contributed by atoms with Gasteiger partial charge in [-0.1, -0.05) is 48.3 Å². The van der Waals surface area contributed by atoms with Crippen LogP contribution in [0.25, 0.3) is 0 Å². The van der Waals surface area contributed by atoms with E-state index in [0.717, 1.165) is 10.8 Å². The van der Waals surface area contributed by atoms with Crippen molar-refractivity contribution in [2.24, 2.45) is 0 Å². The lowest BCUT2D eigenvalue weighted by molar-refractivity contribution is 0.874. The molecule has 1 aromatic carbocycles. The molecule has 0 spiro atoms. The molecule has 0 amide bonds. The Balaban J connectivity index is 3.33. The van der Waals surface area contributed by atoms with Crippen LogP contribution in [0.4, 0.5) is 0 Å². The van der Waals surface area contributed by atoms with E-state index in [9.17, 15) is 0 Å². The van der Waals surface area contributed by atoms with E-state index in [1.807, 2.05) is 6.07 Å². The molecule has 0 aromatic heterocycles. The molecule has 0 nitrogen and oxygen atoms in total. The van der Waals surface area contributed by atoms with Crippen molar-refractivity contribution in [3.63, 3.8) is 0 Å². The van der Waals surface area contributed by atoms with E-state index in [4.69, 9.17) is 23.2 Å². The van der Waals surface area contributed by atoms with E-state index in [2.05, 4.69) is 24.1 Å². The van der Waals surface area contributed by atoms with Gasteiger partial charge >= 0.3 is 0 Å². The molecule has 63 valence electrons. The summed E-state index contributed by atoms with van der Waals surface area (Å²) in [6, 6.07) is 3.71. The van der Waals surface area contributed by atoms with Gasteiger partial charge in [-0.15, -0.1) is 0 Å². The highest BCUT2D eigenvalue weighted by atomic mass is 35.5. The van der Waals surface area contributed by atoms with Gasteiger partial charge in [0.25, 0.3) is 0 Å². The van der Waals surface area contributed by atoms with Crippen molar-refractivity contribution in [3.8, 4) is 0 Å². The summed E-state index contributed by atoms with van der Waals surface area (Å²) in [6.45, 7) is 4.17. The summed E-state index contributed by atoms with van der Waals surface area (Å²) >= 11 is 11.9. The second-order valence-corrected chi connectivity index (χ2v) is 4.30. The fraction of sp³-hybridized carbons (Fsp3) is 0.333. The van der Waals surface area contributed by atoms with E-state index in [-0.39, 0.29) is 0 Å². The van der Waals surface area contributed by atoms with E-state index in [1.165, 1.54) is 0 Å². The number of benzene rings is 1. The molecule has 0 fully saturated rings. The predicted octanol–water partition coefficient (Wildman–Crippen LogP) is 2.91. The molecule has 1 aromatic rings. The fourth-order valence-corrected chi connectivity index (χ4v) is 2.25. The highest BCUT2D eigenvalue weighted by Gasteiger charge is 2.10. The van der Waals surface area contributed by atoms with Crippen LogP contribution in [0, 0.1) is 0 Å². The van der Waals surface area contributed by atoms with Gasteiger partial charge < -0.3 is 0 Å². The summed E-state index contributed by atoms with van der Waals surface area (Å²) in [6.07, 6.45) is 0. The lowest BCUT2D eigenvalue weighted by Crippen LogP contribution is -2.12. The third-order valence-electron chi connectivity index (χ3n) is 1.71. The molecule has 3 radical (unpaired) electrons. The van der Waals surface area contributed by atoms with Crippen LogP contribution in [0.5, 0.6) is 0 Å². The molecule has 0 saturated carbocycles. The number of halogens is 2. The summed E-state index contributed by atoms with van der Waals surface area (Å²) in [7, 11) is 3.49. The molecule has 0 atom stereocenters. The summed E-state index contributed by atoms with van der Waals surface area (Å²) in [5.74, 6) is 0.378. The van der Waals surface area contributed by atoms with Gasteiger partial charge in [-0.25, -0.2) is 0 Å². The minimum atomic E-state index is 0.378. The Morgan fingerprint density at radius 2 is 1.83 bits per heavy atom. The van der Waals surface area contributed by atoms with E-state index in [1.54, 1.807) is 6.07 Å². The highest BCUT2D eigenvalue weighted by molar-refractivity contribution is 6.44. The SMILES string of the molecule is CC(C)c1c([Si])ccc(Cl)c1Cl. The number of hydrogen-bond acceptors (Lipinski definition) is 0. The van der Waals surface area contributed by atoms with Crippen molar-refractivity contribution >= 4 is 38.6 Å². The van der Waals surface area contributed by atoms with Crippen LogP contribution in [0.1, 0.15) is 25.3 Å². The average molecular weight is 216 g/mol. The van der Waals surface area contributed by atoms with E-state index >= 15 is 0 Å². The first-order chi connectivity index (χ1) is 5.54. The zero-order chi connectivity index (χ0) is 9.30. The van der Waals surface area contributed by atoms with Gasteiger partial charge in [-0.05, 0) is 17.5 Å². The molecular weight excluding hydrogens is 207 g/mol. The topological polar surface area (TPSA) is 0 Å². The molecule has 0 aliphatic heterocycles. The standard InChI is InChI=1S/C9H9Cl2Si/c1-5(2)8-7(12)4-3-6(10)9(8)11/h3-5H,1-2H3. The lowest BCUT2D eigenvalue weighted by Gasteiger charge is -2.12. The Morgan fingerprint density at radius 1 is 1.25 bits per heavy atom. The quantitative estimate of drug-likeness (QED) is 0.633. The monoisotopic (exact) mass is 215 g/mol. The van der Waals surface area contributed by atoms with Gasteiger partial charge in [0.1, 0.15) is 0 Å². The predicted molar refractivity (Wildman–Crippen MR) is 55.9 cm³/mol. The molecular formula is C9H9Cl2Si. The van der Waals surface area contributed by atoms with Crippen LogP contribution in [-0.4, -0.2) is 10.2 Å². The van der Waals surface area contributed by atoms with Crippen molar-refractivity contribution in [2.75, 3.05) is 0 Å². The minimum Gasteiger partial charge on any atom is -0.0827 e. The van der Waals surface area contributed by atoms with Crippen molar-refractivity contribution in [1.82, 2.24) is 0 Å². The molecule has 12 heavy (non-hydrogen) atoms. The van der Waals surface area contributed by atoms with Crippen LogP contribution in [0.3, 0.4) is 0 Å². The Labute approximate surface area is 86.3 Å². The second kappa shape index (κ2) is 3.82. The van der Waals surface area contributed by atoms with Crippen molar-refractivity contribution in [2.45, 2.75) is 19.8 Å². The largest absolute Gasteiger partial charge is 0.0827 e. The fourth-order valence-electron chi connectivity index (χ4n) is 1.13. The first-order valence-corrected chi connectivity index (χ1v) is 4.99. The maximum Gasteiger partial charge on any atom is 0.0716 e. The van der Waals surface area contributed by atoms with E-state index < -0.39 is 0 Å². The molecule has 3 heteroatoms. The number of rotatable bonds is 1. The van der Waals surface area contributed by atoms with Gasteiger partial charge in [-0.2, -0.15) is 0 Å². The molecule has 0 unspecified atom stereocenters. The van der Waals surface area contributed by atoms with Crippen molar-refractivity contribution in [1.29, 1.82) is 0 Å². The maximum absolute atomic E-state index is 6.03. The molecule has 0 aliphatic carbocycles. The maximum atomic E-state index is 6.03. The Morgan fingerprint density at radius 3 is 2.25 bits per heavy atom. The second-order valence-electron chi connectivity index (χ2n) is 2.98. The summed E-state index contributed by atoms with van der Waals surface area (Å²) < 4.78 is 0. The van der Waals surface area contributed by atoms with Gasteiger partial charge in [-0.3, -0.25) is 0 Å². The Bertz CT molecular complexity index is 295. The summed E-state index contributed by atoms with van der Waals surface area (Å²) in [5.41, 5.74) is 1.07. The first kappa shape index (κ1) is 10.1. The van der Waals surface area contributed by atoms with Gasteiger partial charge in [0.2, 0.25) is 0 Å². The van der Waals surface area contributed by atoms with Crippen LogP contribution < -0.4 is 5.19 Å². The molecule has 0 aliphatic rings. The zero-order valence-corrected chi connectivity index (χ0v) is 9.50. The third-order valence-corrected chi connectivity index (χ3v) is 2.96. The molecule has 0 heterocycles. The molecule has 0 N–H and O–H groups in total. The minimum absolute atomic E-state index is 0.378. The lowest BCUT2D eigenvalue weighted by atomic mass is 10.0. The van der Waals surface area contributed by atoms with E-state index in [0.29, 0.717) is 16.0 Å². The Hall–Kier alpha value is 0.0169. The molecule has 0 bridgehead atoms. The van der Waals surface area contributed by atoms with Crippen LogP contribution in [0.2, 0.25) is 10.0 Å². The van der Waals surface area contributed by atoms with Gasteiger partial charge in [0.15, 0.2) is 0 Å². The summed E-state index contributed by atoms with van der Waals surface area (Å²) in [4.78, 5) is 0. The number of hydrogen-bond donors (Lipinski definition) is 0. The van der Waals surface area contributed by atoms with Crippen LogP contribution >= 0.6 is 23.2 Å². The van der Waals surface area contributed by atoms with Crippen LogP contribution in [-0.2, 0) is 0 Å². The molecule has 0 saturated heterocycles. The van der Waals surface area contributed by atoms with Crippen LogP contribution in [0.15, 0.2) is 12.1 Å². The normalized spacial score (nSPS) is 10.8. The van der Waals surface area contributed by atoms with Crippen molar-refractivity contribution < 1.29 is 0 Å². The van der Waals surface area contributed by atoms with Gasteiger partial charge in [0.05, 0.1) is 20.3 Å². The van der Waals surface area contributed by atoms with Crippen molar-refractivity contribution in [3.05, 3.63) is 27.7 Å². The zero-order valence-electron chi connectivity index (χ0n) is 6.99. The smallest absolute Gasteiger partial charge is 0.0716 e. The molecule has 1 rings (SSSR count). The highest BCUT2D eigenvalue weighted by Crippen LogP contribution is 2.28. The summed E-state index contributed by atoms with van der Waals surface area (Å²) in [5, 5.41) is 2.28. The van der Waals surface area contributed by atoms with Gasteiger partial charge in [0, 0.05) is 0 Å². The third kappa shape index (κ3) is 1.84. The average Bonchev–Trinajstić information content (AvgIpc) is 1.97.